The van der Waals surface area contributed by atoms with Crippen LogP contribution in [-0.4, -0.2) is 6.54 Å². The molecule has 0 amide bonds. The average molecular weight is 253 g/mol. The summed E-state index contributed by atoms with van der Waals surface area (Å²) in [6, 6.07) is 18.1. The van der Waals surface area contributed by atoms with Crippen molar-refractivity contribution in [1.82, 2.24) is 5.32 Å². The van der Waals surface area contributed by atoms with E-state index in [-0.39, 0.29) is 0 Å². The van der Waals surface area contributed by atoms with E-state index in [1.54, 1.807) is 0 Å². The van der Waals surface area contributed by atoms with E-state index >= 15 is 0 Å². The molecule has 2 aromatic carbocycles. The normalized spacial score (nSPS) is 12.4. The minimum absolute atomic E-state index is 0.469. The maximum Gasteiger partial charge on any atom is 0.0317 e. The van der Waals surface area contributed by atoms with E-state index in [0.29, 0.717) is 6.04 Å². The van der Waals surface area contributed by atoms with Gasteiger partial charge in [0.1, 0.15) is 0 Å². The van der Waals surface area contributed by atoms with Crippen LogP contribution in [-0.2, 0) is 0 Å². The summed E-state index contributed by atoms with van der Waals surface area (Å²) >= 11 is 0. The van der Waals surface area contributed by atoms with Crippen LogP contribution in [0.5, 0.6) is 0 Å². The molecule has 0 saturated heterocycles. The molecule has 0 bridgehead atoms. The minimum Gasteiger partial charge on any atom is -0.310 e. The second kappa shape index (κ2) is 6.53. The molecule has 1 N–H and O–H groups in total. The maximum absolute atomic E-state index is 3.52. The van der Waals surface area contributed by atoms with Gasteiger partial charge >= 0.3 is 0 Å². The van der Waals surface area contributed by atoms with Crippen LogP contribution < -0.4 is 5.32 Å². The standard InChI is InChI=1S/C18H23N/c1-4-18(19-5-2)16-11-9-15(10-12-16)17-8-6-7-14(3)13-17/h6-13,18-19H,4-5H2,1-3H3. The Kier molecular flexibility index (Phi) is 4.75. The van der Waals surface area contributed by atoms with Crippen molar-refractivity contribution in [3.8, 4) is 11.1 Å². The molecule has 1 heteroatoms. The summed E-state index contributed by atoms with van der Waals surface area (Å²) in [5.41, 5.74) is 5.27. The van der Waals surface area contributed by atoms with Gasteiger partial charge in [0, 0.05) is 6.04 Å². The molecular formula is C18H23N. The Hall–Kier alpha value is -1.60. The molecule has 2 aromatic rings. The number of hydrogen-bond donors (Lipinski definition) is 1. The zero-order valence-electron chi connectivity index (χ0n) is 12.1. The lowest BCUT2D eigenvalue weighted by molar-refractivity contribution is 0.537. The summed E-state index contributed by atoms with van der Waals surface area (Å²) in [7, 11) is 0. The van der Waals surface area contributed by atoms with Crippen LogP contribution in [0.3, 0.4) is 0 Å². The predicted molar refractivity (Wildman–Crippen MR) is 83.3 cm³/mol. The third-order valence-electron chi connectivity index (χ3n) is 3.52. The summed E-state index contributed by atoms with van der Waals surface area (Å²) in [6.45, 7) is 7.53. The lowest BCUT2D eigenvalue weighted by Crippen LogP contribution is -2.19. The number of aryl methyl sites for hydroxylation is 1. The Bertz CT molecular complexity index is 513. The molecule has 1 nitrogen and oxygen atoms in total. The molecule has 2 rings (SSSR count). The first-order valence-electron chi connectivity index (χ1n) is 7.15. The van der Waals surface area contributed by atoms with Crippen LogP contribution in [0, 0.1) is 6.92 Å². The Labute approximate surface area is 116 Å². The second-order valence-electron chi connectivity index (χ2n) is 5.01. The number of hydrogen-bond acceptors (Lipinski definition) is 1. The van der Waals surface area contributed by atoms with Gasteiger partial charge in [0.25, 0.3) is 0 Å². The van der Waals surface area contributed by atoms with Gasteiger partial charge in [-0.15, -0.1) is 0 Å². The topological polar surface area (TPSA) is 12.0 Å². The molecule has 0 aliphatic carbocycles. The van der Waals surface area contributed by atoms with Crippen LogP contribution in [0.1, 0.15) is 37.4 Å². The van der Waals surface area contributed by atoms with E-state index in [0.717, 1.165) is 13.0 Å². The van der Waals surface area contributed by atoms with E-state index in [9.17, 15) is 0 Å². The number of rotatable bonds is 5. The second-order valence-corrected chi connectivity index (χ2v) is 5.01. The van der Waals surface area contributed by atoms with Gasteiger partial charge < -0.3 is 5.32 Å². The molecule has 0 heterocycles. The van der Waals surface area contributed by atoms with E-state index in [2.05, 4.69) is 74.6 Å². The largest absolute Gasteiger partial charge is 0.310 e. The fourth-order valence-electron chi connectivity index (χ4n) is 2.48. The van der Waals surface area contributed by atoms with Crippen molar-refractivity contribution in [3.05, 3.63) is 59.7 Å². The third-order valence-corrected chi connectivity index (χ3v) is 3.52. The Balaban J connectivity index is 2.23. The first-order valence-corrected chi connectivity index (χ1v) is 7.15. The summed E-state index contributed by atoms with van der Waals surface area (Å²) in [5, 5.41) is 3.52. The van der Waals surface area contributed by atoms with E-state index in [1.807, 2.05) is 0 Å². The molecule has 1 unspecified atom stereocenters. The average Bonchev–Trinajstić information content (AvgIpc) is 2.45. The van der Waals surface area contributed by atoms with Crippen molar-refractivity contribution in [2.24, 2.45) is 0 Å². The predicted octanol–water partition coefficient (Wildman–Crippen LogP) is 4.72. The van der Waals surface area contributed by atoms with Crippen molar-refractivity contribution in [2.45, 2.75) is 33.2 Å². The smallest absolute Gasteiger partial charge is 0.0317 e. The van der Waals surface area contributed by atoms with E-state index < -0.39 is 0 Å². The molecule has 0 radical (unpaired) electrons. The molecule has 19 heavy (non-hydrogen) atoms. The highest BCUT2D eigenvalue weighted by molar-refractivity contribution is 5.64. The van der Waals surface area contributed by atoms with Gasteiger partial charge in [0.2, 0.25) is 0 Å². The highest BCUT2D eigenvalue weighted by atomic mass is 14.9. The molecule has 0 saturated carbocycles. The fraction of sp³-hybridized carbons (Fsp3) is 0.333. The summed E-state index contributed by atoms with van der Waals surface area (Å²) in [4.78, 5) is 0. The minimum atomic E-state index is 0.469. The van der Waals surface area contributed by atoms with Crippen molar-refractivity contribution >= 4 is 0 Å². The zero-order chi connectivity index (χ0) is 13.7. The molecule has 0 aromatic heterocycles. The van der Waals surface area contributed by atoms with E-state index in [1.165, 1.54) is 22.3 Å². The quantitative estimate of drug-likeness (QED) is 0.812. The monoisotopic (exact) mass is 253 g/mol. The molecule has 1 atom stereocenters. The summed E-state index contributed by atoms with van der Waals surface area (Å²) in [6.07, 6.45) is 1.12. The lowest BCUT2D eigenvalue weighted by atomic mass is 9.99. The van der Waals surface area contributed by atoms with Crippen LogP contribution >= 0.6 is 0 Å². The van der Waals surface area contributed by atoms with Crippen molar-refractivity contribution in [1.29, 1.82) is 0 Å². The number of benzene rings is 2. The Morgan fingerprint density at radius 2 is 1.68 bits per heavy atom. The highest BCUT2D eigenvalue weighted by Crippen LogP contribution is 2.23. The van der Waals surface area contributed by atoms with Crippen molar-refractivity contribution in [2.75, 3.05) is 6.54 Å². The SMILES string of the molecule is CCNC(CC)c1ccc(-c2cccc(C)c2)cc1. The molecule has 0 aliphatic heterocycles. The molecule has 0 aliphatic rings. The van der Waals surface area contributed by atoms with Crippen LogP contribution in [0.2, 0.25) is 0 Å². The summed E-state index contributed by atoms with van der Waals surface area (Å²) < 4.78 is 0. The first-order chi connectivity index (χ1) is 9.24. The van der Waals surface area contributed by atoms with Gasteiger partial charge in [-0.1, -0.05) is 67.9 Å². The fourth-order valence-corrected chi connectivity index (χ4v) is 2.48. The van der Waals surface area contributed by atoms with Gasteiger partial charge in [-0.3, -0.25) is 0 Å². The van der Waals surface area contributed by atoms with E-state index in [4.69, 9.17) is 0 Å². The third kappa shape index (κ3) is 3.45. The van der Waals surface area contributed by atoms with Gasteiger partial charge in [-0.05, 0) is 36.6 Å². The van der Waals surface area contributed by atoms with Gasteiger partial charge in [-0.2, -0.15) is 0 Å². The molecule has 0 spiro atoms. The van der Waals surface area contributed by atoms with Crippen LogP contribution in [0.25, 0.3) is 11.1 Å². The molecule has 100 valence electrons. The molecular weight excluding hydrogens is 230 g/mol. The number of nitrogens with one attached hydrogen (secondary N) is 1. The van der Waals surface area contributed by atoms with Gasteiger partial charge in [0.15, 0.2) is 0 Å². The van der Waals surface area contributed by atoms with Crippen molar-refractivity contribution in [3.63, 3.8) is 0 Å². The highest BCUT2D eigenvalue weighted by Gasteiger charge is 2.07. The van der Waals surface area contributed by atoms with Crippen molar-refractivity contribution < 1.29 is 0 Å². The lowest BCUT2D eigenvalue weighted by Gasteiger charge is -2.16. The maximum atomic E-state index is 3.52. The van der Waals surface area contributed by atoms with Gasteiger partial charge in [0.05, 0.1) is 0 Å². The Morgan fingerprint density at radius 1 is 0.947 bits per heavy atom. The van der Waals surface area contributed by atoms with Crippen LogP contribution in [0.4, 0.5) is 0 Å². The Morgan fingerprint density at radius 3 is 2.26 bits per heavy atom. The van der Waals surface area contributed by atoms with Gasteiger partial charge in [-0.25, -0.2) is 0 Å². The van der Waals surface area contributed by atoms with Crippen LogP contribution in [0.15, 0.2) is 48.5 Å². The zero-order valence-corrected chi connectivity index (χ0v) is 12.1. The molecule has 0 fully saturated rings. The first kappa shape index (κ1) is 13.8. The summed E-state index contributed by atoms with van der Waals surface area (Å²) in [5.74, 6) is 0.